The summed E-state index contributed by atoms with van der Waals surface area (Å²) in [6.45, 7) is 4.64. The third-order valence-electron chi connectivity index (χ3n) is 1.20. The number of hydrogen-bond donors (Lipinski definition) is 0. The smallest absolute Gasteiger partial charge is 0.144 e. The zero-order chi connectivity index (χ0) is 7.44. The van der Waals surface area contributed by atoms with Crippen molar-refractivity contribution < 1.29 is 9.59 Å². The Kier molecular flexibility index (Phi) is 3.13. The summed E-state index contributed by atoms with van der Waals surface area (Å²) in [5.74, 6) is 0.199. The van der Waals surface area contributed by atoms with Crippen molar-refractivity contribution in [3.8, 4) is 0 Å². The molecule has 0 aliphatic rings. The first-order valence-corrected chi connectivity index (χ1v) is 2.97. The van der Waals surface area contributed by atoms with Gasteiger partial charge in [-0.25, -0.2) is 0 Å². The van der Waals surface area contributed by atoms with Crippen LogP contribution >= 0.6 is 0 Å². The van der Waals surface area contributed by atoms with Gasteiger partial charge < -0.3 is 0 Å². The molecule has 0 aromatic carbocycles. The van der Waals surface area contributed by atoms with E-state index < -0.39 is 0 Å². The lowest BCUT2D eigenvalue weighted by atomic mass is 9.98. The number of hydrogen-bond acceptors (Lipinski definition) is 2. The van der Waals surface area contributed by atoms with Crippen molar-refractivity contribution in [3.63, 3.8) is 0 Å². The van der Waals surface area contributed by atoms with E-state index in [4.69, 9.17) is 0 Å². The molecule has 0 aliphatic heterocycles. The molecular weight excluding hydrogens is 116 g/mol. The Bertz CT molecular complexity index is 113. The summed E-state index contributed by atoms with van der Waals surface area (Å²) in [5, 5.41) is 0. The second kappa shape index (κ2) is 3.38. The Morgan fingerprint density at radius 1 is 1.11 bits per heavy atom. The van der Waals surface area contributed by atoms with Gasteiger partial charge in [-0.2, -0.15) is 0 Å². The summed E-state index contributed by atoms with van der Waals surface area (Å²) >= 11 is 0. The monoisotopic (exact) mass is 127 g/mol. The van der Waals surface area contributed by atoms with Crippen LogP contribution in [0.3, 0.4) is 0 Å². The van der Waals surface area contributed by atoms with Crippen molar-refractivity contribution in [2.45, 2.75) is 27.2 Å². The van der Waals surface area contributed by atoms with E-state index in [0.717, 1.165) is 0 Å². The fourth-order valence-electron chi connectivity index (χ4n) is 0.746. The first-order valence-electron chi connectivity index (χ1n) is 2.97. The van der Waals surface area contributed by atoms with Crippen LogP contribution in [0.5, 0.6) is 0 Å². The quantitative estimate of drug-likeness (QED) is 0.533. The average molecular weight is 127 g/mol. The van der Waals surface area contributed by atoms with Crippen LogP contribution in [0.15, 0.2) is 0 Å². The molecule has 0 saturated heterocycles. The van der Waals surface area contributed by atoms with Gasteiger partial charge in [-0.15, -0.1) is 0 Å². The molecule has 0 unspecified atom stereocenters. The molecule has 0 aromatic heterocycles. The van der Waals surface area contributed by atoms with Crippen LogP contribution in [-0.4, -0.2) is 11.6 Å². The van der Waals surface area contributed by atoms with Gasteiger partial charge in [-0.1, -0.05) is 6.92 Å². The highest BCUT2D eigenvalue weighted by Crippen LogP contribution is 2.06. The van der Waals surface area contributed by atoms with Crippen molar-refractivity contribution in [3.05, 3.63) is 5.92 Å². The fraction of sp³-hybridized carbons (Fsp3) is 0.571. The van der Waals surface area contributed by atoms with Crippen molar-refractivity contribution in [2.75, 3.05) is 0 Å². The van der Waals surface area contributed by atoms with E-state index >= 15 is 0 Å². The molecule has 1 radical (unpaired) electrons. The molecule has 0 atom stereocenters. The number of ketones is 2. The van der Waals surface area contributed by atoms with Crippen molar-refractivity contribution in [1.82, 2.24) is 0 Å². The largest absolute Gasteiger partial charge is 0.299 e. The zero-order valence-electron chi connectivity index (χ0n) is 6.02. The second-order valence-corrected chi connectivity index (χ2v) is 1.94. The van der Waals surface area contributed by atoms with Gasteiger partial charge >= 0.3 is 0 Å². The minimum atomic E-state index is -0.106. The van der Waals surface area contributed by atoms with Gasteiger partial charge in [0, 0.05) is 0 Å². The molecule has 9 heavy (non-hydrogen) atoms. The highest BCUT2D eigenvalue weighted by molar-refractivity contribution is 6.14. The molecule has 51 valence electrons. The predicted octanol–water partition coefficient (Wildman–Crippen LogP) is 1.15. The van der Waals surface area contributed by atoms with Crippen LogP contribution < -0.4 is 0 Å². The molecule has 0 bridgehead atoms. The molecule has 0 fully saturated rings. The summed E-state index contributed by atoms with van der Waals surface area (Å²) in [4.78, 5) is 21.1. The lowest BCUT2D eigenvalue weighted by Crippen LogP contribution is -2.15. The minimum absolute atomic E-state index is 0.106. The van der Waals surface area contributed by atoms with Crippen LogP contribution in [0.4, 0.5) is 0 Å². The van der Waals surface area contributed by atoms with E-state index in [0.29, 0.717) is 12.3 Å². The summed E-state index contributed by atoms with van der Waals surface area (Å²) in [6.07, 6.45) is 0.546. The van der Waals surface area contributed by atoms with Crippen molar-refractivity contribution >= 4 is 11.6 Å². The molecule has 2 nitrogen and oxygen atoms in total. The van der Waals surface area contributed by atoms with Crippen LogP contribution in [0.2, 0.25) is 0 Å². The number of Topliss-reactive ketones (excluding diaryl/α,β-unsaturated/α-hetero) is 2. The Morgan fingerprint density at radius 3 is 1.44 bits per heavy atom. The van der Waals surface area contributed by atoms with E-state index in [1.807, 2.05) is 0 Å². The molecule has 0 heterocycles. The maximum atomic E-state index is 10.6. The summed E-state index contributed by atoms with van der Waals surface area (Å²) in [6, 6.07) is 0. The molecule has 0 aliphatic carbocycles. The number of rotatable bonds is 3. The fourth-order valence-corrected chi connectivity index (χ4v) is 0.746. The van der Waals surface area contributed by atoms with E-state index in [-0.39, 0.29) is 11.6 Å². The van der Waals surface area contributed by atoms with Gasteiger partial charge in [-0.3, -0.25) is 9.59 Å². The van der Waals surface area contributed by atoms with Gasteiger partial charge in [0.1, 0.15) is 17.5 Å². The average Bonchev–Trinajstić information content (AvgIpc) is 1.64. The van der Waals surface area contributed by atoms with E-state index in [1.54, 1.807) is 6.92 Å². The maximum absolute atomic E-state index is 10.6. The Morgan fingerprint density at radius 2 is 1.44 bits per heavy atom. The molecule has 0 spiro atoms. The first-order chi connectivity index (χ1) is 4.09. The predicted molar refractivity (Wildman–Crippen MR) is 34.9 cm³/mol. The van der Waals surface area contributed by atoms with Gasteiger partial charge in [0.15, 0.2) is 0 Å². The third kappa shape index (κ3) is 2.40. The Balaban J connectivity index is 3.99. The molecule has 0 rings (SSSR count). The Labute approximate surface area is 55.3 Å². The van der Waals surface area contributed by atoms with Gasteiger partial charge in [0.25, 0.3) is 0 Å². The first kappa shape index (κ1) is 8.34. The highest BCUT2D eigenvalue weighted by atomic mass is 16.1. The van der Waals surface area contributed by atoms with Crippen molar-refractivity contribution in [2.24, 2.45) is 0 Å². The SMILES string of the molecule is CC[C](C(C)=O)C(C)=O. The number of carbonyl (C=O) groups is 2. The molecule has 0 amide bonds. The van der Waals surface area contributed by atoms with E-state index in [1.165, 1.54) is 13.8 Å². The molecular formula is C7H11O2. The van der Waals surface area contributed by atoms with E-state index in [9.17, 15) is 9.59 Å². The lowest BCUT2D eigenvalue weighted by Gasteiger charge is -2.02. The molecule has 0 saturated carbocycles. The lowest BCUT2D eigenvalue weighted by molar-refractivity contribution is -0.122. The Hall–Kier alpha value is -0.660. The highest BCUT2D eigenvalue weighted by Gasteiger charge is 2.16. The summed E-state index contributed by atoms with van der Waals surface area (Å²) in [5.41, 5.74) is 0. The van der Waals surface area contributed by atoms with E-state index in [2.05, 4.69) is 0 Å². The van der Waals surface area contributed by atoms with Crippen LogP contribution in [0, 0.1) is 5.92 Å². The standard InChI is InChI=1S/C7H11O2/c1-4-7(5(2)8)6(3)9/h4H2,1-3H3. The third-order valence-corrected chi connectivity index (χ3v) is 1.20. The summed E-state index contributed by atoms with van der Waals surface area (Å²) in [7, 11) is 0. The zero-order valence-corrected chi connectivity index (χ0v) is 6.02. The minimum Gasteiger partial charge on any atom is -0.299 e. The van der Waals surface area contributed by atoms with Crippen LogP contribution in [0.1, 0.15) is 27.2 Å². The topological polar surface area (TPSA) is 34.1 Å². The van der Waals surface area contributed by atoms with Crippen LogP contribution in [0.25, 0.3) is 0 Å². The molecule has 0 aromatic rings. The molecule has 0 N–H and O–H groups in total. The van der Waals surface area contributed by atoms with Crippen molar-refractivity contribution in [1.29, 1.82) is 0 Å². The summed E-state index contributed by atoms with van der Waals surface area (Å²) < 4.78 is 0. The van der Waals surface area contributed by atoms with Gasteiger partial charge in [-0.05, 0) is 20.3 Å². The normalized spacial score (nSPS) is 9.78. The number of carbonyl (C=O) groups excluding carboxylic acids is 2. The van der Waals surface area contributed by atoms with Crippen LogP contribution in [-0.2, 0) is 9.59 Å². The second-order valence-electron chi connectivity index (χ2n) is 1.94. The van der Waals surface area contributed by atoms with Gasteiger partial charge in [0.05, 0.1) is 0 Å². The van der Waals surface area contributed by atoms with Gasteiger partial charge in [0.2, 0.25) is 0 Å². The maximum Gasteiger partial charge on any atom is 0.144 e. The molecule has 2 heteroatoms.